The molecule has 0 N–H and O–H groups in total. The fourth-order valence-electron chi connectivity index (χ4n) is 6.67. The Balaban J connectivity index is 1.28. The van der Waals surface area contributed by atoms with Crippen molar-refractivity contribution < 1.29 is 0 Å². The monoisotopic (exact) mass is 384 g/mol. The van der Waals surface area contributed by atoms with Crippen LogP contribution in [0.5, 0.6) is 0 Å². The fourth-order valence-corrected chi connectivity index (χ4v) is 6.67. The minimum atomic E-state index is 1.01. The van der Waals surface area contributed by atoms with Gasteiger partial charge < -0.3 is 0 Å². The van der Waals surface area contributed by atoms with Crippen molar-refractivity contribution in [1.29, 1.82) is 0 Å². The normalized spacial score (nSPS) is 34.0. The molecule has 3 aliphatic carbocycles. The van der Waals surface area contributed by atoms with Crippen LogP contribution in [0.15, 0.2) is 24.3 Å². The lowest BCUT2D eigenvalue weighted by atomic mass is 9.69. The molecule has 0 heteroatoms. The van der Waals surface area contributed by atoms with Gasteiger partial charge in [0, 0.05) is 0 Å². The van der Waals surface area contributed by atoms with Crippen LogP contribution >= 0.6 is 0 Å². The number of hydrogen-bond acceptors (Lipinski definition) is 0. The lowest BCUT2D eigenvalue weighted by Gasteiger charge is -2.36. The molecule has 0 bridgehead atoms. The second-order valence-electron chi connectivity index (χ2n) is 10.6. The van der Waals surface area contributed by atoms with Crippen molar-refractivity contribution in [2.45, 2.75) is 122 Å². The fraction of sp³-hybridized carbons (Fsp3) is 0.857. The van der Waals surface area contributed by atoms with Crippen LogP contribution in [0.1, 0.15) is 122 Å². The van der Waals surface area contributed by atoms with Gasteiger partial charge in [-0.15, -0.1) is 6.58 Å². The van der Waals surface area contributed by atoms with Crippen LogP contribution in [-0.4, -0.2) is 0 Å². The summed E-state index contributed by atoms with van der Waals surface area (Å²) in [6.07, 6.45) is 31.1. The number of allylic oxidation sites excluding steroid dienone is 3. The average Bonchev–Trinajstić information content (AvgIpc) is 2.75. The SMILES string of the molecule is C=CCCCC1=CCC(C2CCC(CCC3CCC(CCC)CC3)CC2)CC1. The summed E-state index contributed by atoms with van der Waals surface area (Å²) >= 11 is 0. The van der Waals surface area contributed by atoms with E-state index in [1.54, 1.807) is 44.1 Å². The highest BCUT2D eigenvalue weighted by molar-refractivity contribution is 5.07. The van der Waals surface area contributed by atoms with Gasteiger partial charge in [-0.05, 0) is 81.0 Å². The molecule has 1 unspecified atom stereocenters. The summed E-state index contributed by atoms with van der Waals surface area (Å²) in [4.78, 5) is 0. The number of rotatable bonds is 10. The molecule has 0 spiro atoms. The zero-order chi connectivity index (χ0) is 19.6. The molecule has 0 saturated heterocycles. The third-order valence-electron chi connectivity index (χ3n) is 8.66. The van der Waals surface area contributed by atoms with Gasteiger partial charge in [-0.1, -0.05) is 88.9 Å². The first-order valence-electron chi connectivity index (χ1n) is 13.1. The minimum absolute atomic E-state index is 1.01. The van der Waals surface area contributed by atoms with E-state index in [9.17, 15) is 0 Å². The van der Waals surface area contributed by atoms with Crippen LogP contribution in [0.3, 0.4) is 0 Å². The van der Waals surface area contributed by atoms with Crippen molar-refractivity contribution >= 4 is 0 Å². The van der Waals surface area contributed by atoms with E-state index in [1.807, 2.05) is 0 Å². The molecule has 3 rings (SSSR count). The van der Waals surface area contributed by atoms with Crippen LogP contribution in [0, 0.1) is 29.6 Å². The Morgan fingerprint density at radius 2 is 1.43 bits per heavy atom. The van der Waals surface area contributed by atoms with Crippen LogP contribution < -0.4 is 0 Å². The zero-order valence-corrected chi connectivity index (χ0v) is 19.0. The lowest BCUT2D eigenvalue weighted by molar-refractivity contribution is 0.173. The molecule has 0 aromatic heterocycles. The molecular weight excluding hydrogens is 336 g/mol. The molecule has 0 heterocycles. The molecule has 3 aliphatic rings. The topological polar surface area (TPSA) is 0 Å². The van der Waals surface area contributed by atoms with Crippen LogP contribution in [-0.2, 0) is 0 Å². The van der Waals surface area contributed by atoms with E-state index >= 15 is 0 Å². The largest absolute Gasteiger partial charge is 0.103 e. The van der Waals surface area contributed by atoms with Crippen molar-refractivity contribution in [3.8, 4) is 0 Å². The Hall–Kier alpha value is -0.520. The number of unbranched alkanes of at least 4 members (excludes halogenated alkanes) is 1. The van der Waals surface area contributed by atoms with E-state index in [4.69, 9.17) is 0 Å². The Morgan fingerprint density at radius 3 is 1.96 bits per heavy atom. The third-order valence-corrected chi connectivity index (χ3v) is 8.66. The summed E-state index contributed by atoms with van der Waals surface area (Å²) in [5.74, 6) is 5.28. The summed E-state index contributed by atoms with van der Waals surface area (Å²) in [6, 6.07) is 0. The minimum Gasteiger partial charge on any atom is -0.103 e. The molecule has 2 fully saturated rings. The maximum absolute atomic E-state index is 3.85. The van der Waals surface area contributed by atoms with E-state index < -0.39 is 0 Å². The molecule has 2 saturated carbocycles. The van der Waals surface area contributed by atoms with Crippen molar-refractivity contribution in [3.63, 3.8) is 0 Å². The van der Waals surface area contributed by atoms with Gasteiger partial charge in [-0.2, -0.15) is 0 Å². The maximum Gasteiger partial charge on any atom is -0.0317 e. The van der Waals surface area contributed by atoms with Gasteiger partial charge in [0.15, 0.2) is 0 Å². The summed E-state index contributed by atoms with van der Waals surface area (Å²) in [6.45, 7) is 6.21. The molecular formula is C28H48. The Kier molecular flexibility index (Phi) is 9.69. The van der Waals surface area contributed by atoms with Crippen molar-refractivity contribution in [2.75, 3.05) is 0 Å². The Bertz CT molecular complexity index is 456. The summed E-state index contributed by atoms with van der Waals surface area (Å²) in [5.41, 5.74) is 1.75. The van der Waals surface area contributed by atoms with Crippen LogP contribution in [0.2, 0.25) is 0 Å². The zero-order valence-electron chi connectivity index (χ0n) is 19.0. The smallest absolute Gasteiger partial charge is 0.0317 e. The van der Waals surface area contributed by atoms with Crippen molar-refractivity contribution in [1.82, 2.24) is 0 Å². The van der Waals surface area contributed by atoms with E-state index in [0.29, 0.717) is 0 Å². The highest BCUT2D eigenvalue weighted by atomic mass is 14.3. The molecule has 28 heavy (non-hydrogen) atoms. The highest BCUT2D eigenvalue weighted by Crippen LogP contribution is 2.42. The summed E-state index contributed by atoms with van der Waals surface area (Å²) in [7, 11) is 0. The van der Waals surface area contributed by atoms with Crippen molar-refractivity contribution in [3.05, 3.63) is 24.3 Å². The van der Waals surface area contributed by atoms with E-state index in [-0.39, 0.29) is 0 Å². The quantitative estimate of drug-likeness (QED) is 0.260. The molecule has 160 valence electrons. The van der Waals surface area contributed by atoms with Crippen LogP contribution in [0.25, 0.3) is 0 Å². The third kappa shape index (κ3) is 7.07. The molecule has 0 aliphatic heterocycles. The molecule has 0 nitrogen and oxygen atoms in total. The first-order chi connectivity index (χ1) is 13.8. The second-order valence-corrected chi connectivity index (χ2v) is 10.6. The maximum atomic E-state index is 3.85. The molecule has 0 aromatic rings. The highest BCUT2D eigenvalue weighted by Gasteiger charge is 2.29. The van der Waals surface area contributed by atoms with Gasteiger partial charge in [0.2, 0.25) is 0 Å². The van der Waals surface area contributed by atoms with Crippen LogP contribution in [0.4, 0.5) is 0 Å². The predicted molar refractivity (Wildman–Crippen MR) is 125 cm³/mol. The standard InChI is InChI=1S/C28H48/c1-3-5-6-8-24-15-19-27(20-16-24)28-21-17-26(18-22-28)14-13-25-11-9-23(7-4-2)10-12-25/h3,15,23,25-28H,1,4-14,16-22H2,2H3. The van der Waals surface area contributed by atoms with E-state index in [1.165, 1.54) is 77.0 Å². The first kappa shape index (κ1) is 22.2. The van der Waals surface area contributed by atoms with Gasteiger partial charge in [0.25, 0.3) is 0 Å². The van der Waals surface area contributed by atoms with Crippen molar-refractivity contribution in [2.24, 2.45) is 29.6 Å². The van der Waals surface area contributed by atoms with Gasteiger partial charge >= 0.3 is 0 Å². The Labute approximate surface area is 176 Å². The van der Waals surface area contributed by atoms with Gasteiger partial charge in [-0.25, -0.2) is 0 Å². The summed E-state index contributed by atoms with van der Waals surface area (Å²) < 4.78 is 0. The molecule has 0 aromatic carbocycles. The Morgan fingerprint density at radius 1 is 0.821 bits per heavy atom. The van der Waals surface area contributed by atoms with Gasteiger partial charge in [-0.3, -0.25) is 0 Å². The lowest BCUT2D eigenvalue weighted by Crippen LogP contribution is -2.24. The van der Waals surface area contributed by atoms with Gasteiger partial charge in [0.1, 0.15) is 0 Å². The molecule has 0 radical (unpaired) electrons. The average molecular weight is 385 g/mol. The molecule has 1 atom stereocenters. The summed E-state index contributed by atoms with van der Waals surface area (Å²) in [5, 5.41) is 0. The second kappa shape index (κ2) is 12.2. The van der Waals surface area contributed by atoms with E-state index in [2.05, 4.69) is 25.7 Å². The molecule has 0 amide bonds. The number of hydrogen-bond donors (Lipinski definition) is 0. The first-order valence-corrected chi connectivity index (χ1v) is 13.1. The van der Waals surface area contributed by atoms with Gasteiger partial charge in [0.05, 0.1) is 0 Å². The predicted octanol–water partition coefficient (Wildman–Crippen LogP) is 9.26. The van der Waals surface area contributed by atoms with E-state index in [0.717, 1.165) is 29.6 Å².